The third-order valence-corrected chi connectivity index (χ3v) is 3.35. The monoisotopic (exact) mass is 234 g/mol. The molecule has 1 aromatic carbocycles. The molecule has 3 nitrogen and oxygen atoms in total. The molecule has 0 spiro atoms. The highest BCUT2D eigenvalue weighted by molar-refractivity contribution is 5.22. The molecule has 3 heteroatoms. The van der Waals surface area contributed by atoms with E-state index in [0.29, 0.717) is 0 Å². The summed E-state index contributed by atoms with van der Waals surface area (Å²) in [5.74, 6) is 0. The molecule has 1 heterocycles. The Morgan fingerprint density at radius 2 is 1.59 bits per heavy atom. The Balaban J connectivity index is 1.77. The van der Waals surface area contributed by atoms with Crippen molar-refractivity contribution in [2.24, 2.45) is 0 Å². The van der Waals surface area contributed by atoms with Crippen LogP contribution >= 0.6 is 0 Å². The molecular formula is C14H22N2O. The van der Waals surface area contributed by atoms with Crippen molar-refractivity contribution in [3.05, 3.63) is 35.4 Å². The summed E-state index contributed by atoms with van der Waals surface area (Å²) in [5.41, 5.74) is 2.61. The fourth-order valence-electron chi connectivity index (χ4n) is 2.22. The largest absolute Gasteiger partial charge is 0.396 e. The maximum absolute atomic E-state index is 8.85. The molecule has 0 aromatic heterocycles. The maximum Gasteiger partial charge on any atom is 0.0471 e. The molecular weight excluding hydrogens is 212 g/mol. The molecule has 1 aliphatic rings. The lowest BCUT2D eigenvalue weighted by atomic mass is 10.1. The molecule has 0 unspecified atom stereocenters. The van der Waals surface area contributed by atoms with Crippen molar-refractivity contribution in [3.63, 3.8) is 0 Å². The van der Waals surface area contributed by atoms with Gasteiger partial charge >= 0.3 is 0 Å². The lowest BCUT2D eigenvalue weighted by Crippen LogP contribution is -2.44. The molecule has 0 saturated carbocycles. The van der Waals surface area contributed by atoms with Crippen LogP contribution in [0, 0.1) is 0 Å². The first kappa shape index (κ1) is 12.6. The average molecular weight is 234 g/mol. The van der Waals surface area contributed by atoms with Gasteiger partial charge in [0.2, 0.25) is 0 Å². The van der Waals surface area contributed by atoms with Crippen LogP contribution in [0.5, 0.6) is 0 Å². The number of hydrogen-bond donors (Lipinski definition) is 2. The highest BCUT2D eigenvalue weighted by atomic mass is 16.2. The summed E-state index contributed by atoms with van der Waals surface area (Å²) in [6, 6.07) is 8.63. The van der Waals surface area contributed by atoms with E-state index in [1.807, 2.05) is 0 Å². The summed E-state index contributed by atoms with van der Waals surface area (Å²) in [4.78, 5) is 2.51. The van der Waals surface area contributed by atoms with E-state index in [1.165, 1.54) is 24.2 Å². The predicted molar refractivity (Wildman–Crippen MR) is 70.2 cm³/mol. The Hall–Kier alpha value is -0.900. The zero-order valence-electron chi connectivity index (χ0n) is 10.4. The number of aliphatic hydroxyl groups is 1. The zero-order valence-corrected chi connectivity index (χ0v) is 10.4. The quantitative estimate of drug-likeness (QED) is 0.786. The van der Waals surface area contributed by atoms with Crippen LogP contribution in [-0.4, -0.2) is 49.3 Å². The number of benzene rings is 1. The Morgan fingerprint density at radius 1 is 1.00 bits per heavy atom. The van der Waals surface area contributed by atoms with Crippen molar-refractivity contribution in [1.29, 1.82) is 0 Å². The molecule has 1 fully saturated rings. The SMILES string of the molecule is OCCc1ccc(CCN2CCNCC2)cc1. The lowest BCUT2D eigenvalue weighted by Gasteiger charge is -2.27. The van der Waals surface area contributed by atoms with Crippen LogP contribution in [0.2, 0.25) is 0 Å². The van der Waals surface area contributed by atoms with Gasteiger partial charge in [-0.3, -0.25) is 0 Å². The highest BCUT2D eigenvalue weighted by Crippen LogP contribution is 2.07. The van der Waals surface area contributed by atoms with Gasteiger partial charge < -0.3 is 15.3 Å². The van der Waals surface area contributed by atoms with Crippen LogP contribution in [0.15, 0.2) is 24.3 Å². The summed E-state index contributed by atoms with van der Waals surface area (Å²) in [7, 11) is 0. The van der Waals surface area contributed by atoms with Crippen LogP contribution in [0.1, 0.15) is 11.1 Å². The molecule has 0 amide bonds. The number of nitrogens with zero attached hydrogens (tertiary/aromatic N) is 1. The molecule has 0 atom stereocenters. The van der Waals surface area contributed by atoms with Crippen LogP contribution in [0.3, 0.4) is 0 Å². The maximum atomic E-state index is 8.85. The Kier molecular flexibility index (Phi) is 4.98. The van der Waals surface area contributed by atoms with Crippen molar-refractivity contribution in [3.8, 4) is 0 Å². The van der Waals surface area contributed by atoms with Crippen molar-refractivity contribution in [2.45, 2.75) is 12.8 Å². The summed E-state index contributed by atoms with van der Waals surface area (Å²) in [5, 5.41) is 12.2. The second-order valence-corrected chi connectivity index (χ2v) is 4.63. The van der Waals surface area contributed by atoms with Gasteiger partial charge in [0.05, 0.1) is 0 Å². The van der Waals surface area contributed by atoms with Gasteiger partial charge in [-0.15, -0.1) is 0 Å². The number of piperazine rings is 1. The van der Waals surface area contributed by atoms with Crippen molar-refractivity contribution in [1.82, 2.24) is 10.2 Å². The van der Waals surface area contributed by atoms with Crippen molar-refractivity contribution in [2.75, 3.05) is 39.3 Å². The van der Waals surface area contributed by atoms with Crippen LogP contribution in [-0.2, 0) is 12.8 Å². The molecule has 1 aliphatic heterocycles. The van der Waals surface area contributed by atoms with E-state index in [0.717, 1.165) is 32.5 Å². The van der Waals surface area contributed by atoms with Crippen LogP contribution in [0.4, 0.5) is 0 Å². The number of rotatable bonds is 5. The zero-order chi connectivity index (χ0) is 11.9. The molecule has 17 heavy (non-hydrogen) atoms. The fourth-order valence-corrected chi connectivity index (χ4v) is 2.22. The van der Waals surface area contributed by atoms with E-state index in [1.54, 1.807) is 0 Å². The first-order chi connectivity index (χ1) is 8.38. The minimum atomic E-state index is 0.236. The topological polar surface area (TPSA) is 35.5 Å². The predicted octanol–water partition coefficient (Wildman–Crippen LogP) is 0.669. The molecule has 1 saturated heterocycles. The van der Waals surface area contributed by atoms with Gasteiger partial charge in [0.1, 0.15) is 0 Å². The lowest BCUT2D eigenvalue weighted by molar-refractivity contribution is 0.244. The molecule has 94 valence electrons. The molecule has 0 aliphatic carbocycles. The van der Waals surface area contributed by atoms with Gasteiger partial charge in [-0.2, -0.15) is 0 Å². The van der Waals surface area contributed by atoms with E-state index in [9.17, 15) is 0 Å². The van der Waals surface area contributed by atoms with E-state index >= 15 is 0 Å². The third kappa shape index (κ3) is 4.11. The number of nitrogens with one attached hydrogen (secondary N) is 1. The molecule has 1 aromatic rings. The number of hydrogen-bond acceptors (Lipinski definition) is 3. The summed E-state index contributed by atoms with van der Waals surface area (Å²) in [6.07, 6.45) is 1.89. The van der Waals surface area contributed by atoms with Gasteiger partial charge in [-0.05, 0) is 24.0 Å². The summed E-state index contributed by atoms with van der Waals surface area (Å²) < 4.78 is 0. The van der Waals surface area contributed by atoms with Crippen molar-refractivity contribution < 1.29 is 5.11 Å². The highest BCUT2D eigenvalue weighted by Gasteiger charge is 2.08. The Labute approximate surface area is 103 Å². The minimum Gasteiger partial charge on any atom is -0.396 e. The smallest absolute Gasteiger partial charge is 0.0471 e. The van der Waals surface area contributed by atoms with E-state index in [2.05, 4.69) is 34.5 Å². The molecule has 0 radical (unpaired) electrons. The second-order valence-electron chi connectivity index (χ2n) is 4.63. The second kappa shape index (κ2) is 6.74. The summed E-state index contributed by atoms with van der Waals surface area (Å²) >= 11 is 0. The van der Waals surface area contributed by atoms with Crippen LogP contribution < -0.4 is 5.32 Å². The van der Waals surface area contributed by atoms with Gasteiger partial charge in [-0.1, -0.05) is 24.3 Å². The molecule has 0 bridgehead atoms. The van der Waals surface area contributed by atoms with E-state index < -0.39 is 0 Å². The Bertz CT molecular complexity index is 317. The van der Waals surface area contributed by atoms with Gasteiger partial charge in [0.25, 0.3) is 0 Å². The third-order valence-electron chi connectivity index (χ3n) is 3.35. The van der Waals surface area contributed by atoms with Gasteiger partial charge in [0.15, 0.2) is 0 Å². The normalized spacial score (nSPS) is 17.2. The number of aliphatic hydroxyl groups excluding tert-OH is 1. The first-order valence-corrected chi connectivity index (χ1v) is 6.50. The average Bonchev–Trinajstić information content (AvgIpc) is 2.40. The molecule has 2 N–H and O–H groups in total. The van der Waals surface area contributed by atoms with Crippen LogP contribution in [0.25, 0.3) is 0 Å². The summed E-state index contributed by atoms with van der Waals surface area (Å²) in [6.45, 7) is 5.97. The van der Waals surface area contributed by atoms with Crippen molar-refractivity contribution >= 4 is 0 Å². The Morgan fingerprint density at radius 3 is 2.18 bits per heavy atom. The van der Waals surface area contributed by atoms with E-state index in [-0.39, 0.29) is 6.61 Å². The fraction of sp³-hybridized carbons (Fsp3) is 0.571. The standard InChI is InChI=1S/C14H22N2O/c17-12-6-14-3-1-13(2-4-14)5-9-16-10-7-15-8-11-16/h1-4,15,17H,5-12H2. The minimum absolute atomic E-state index is 0.236. The van der Waals surface area contributed by atoms with Gasteiger partial charge in [-0.25, -0.2) is 0 Å². The van der Waals surface area contributed by atoms with Gasteiger partial charge in [0, 0.05) is 39.3 Å². The molecule has 2 rings (SSSR count). The first-order valence-electron chi connectivity index (χ1n) is 6.50. The van der Waals surface area contributed by atoms with E-state index in [4.69, 9.17) is 5.11 Å².